The molecule has 0 bridgehead atoms. The Morgan fingerprint density at radius 3 is 2.00 bits per heavy atom. The molecule has 2 nitrogen and oxygen atoms in total. The third kappa shape index (κ3) is 5.21. The van der Waals surface area contributed by atoms with Crippen molar-refractivity contribution in [2.75, 3.05) is 13.1 Å². The molecule has 0 radical (unpaired) electrons. The second-order valence-electron chi connectivity index (χ2n) is 3.99. The quantitative estimate of drug-likeness (QED) is 0.606. The molecule has 0 amide bonds. The second kappa shape index (κ2) is 6.33. The molecular formula is C10H21FN2. The van der Waals surface area contributed by atoms with Crippen molar-refractivity contribution in [2.45, 2.75) is 50.7 Å². The highest BCUT2D eigenvalue weighted by Gasteiger charge is 2.10. The molecule has 1 atom stereocenters. The van der Waals surface area contributed by atoms with Crippen LogP contribution in [0.5, 0.6) is 0 Å². The van der Waals surface area contributed by atoms with E-state index in [1.54, 1.807) is 0 Å². The Balaban J connectivity index is 0.000000132. The van der Waals surface area contributed by atoms with E-state index in [-0.39, 0.29) is 0 Å². The summed E-state index contributed by atoms with van der Waals surface area (Å²) in [4.78, 5) is 0. The summed E-state index contributed by atoms with van der Waals surface area (Å²) in [6, 6.07) is 0.536. The third-order valence-electron chi connectivity index (χ3n) is 2.65. The number of halogens is 1. The molecule has 2 fully saturated rings. The smallest absolute Gasteiger partial charge is 0.114 e. The van der Waals surface area contributed by atoms with E-state index in [9.17, 15) is 4.39 Å². The first-order chi connectivity index (χ1) is 6.29. The maximum Gasteiger partial charge on any atom is 0.114 e. The van der Waals surface area contributed by atoms with E-state index in [1.165, 1.54) is 32.1 Å². The molecule has 1 aliphatic heterocycles. The van der Waals surface area contributed by atoms with Gasteiger partial charge < -0.3 is 11.1 Å². The van der Waals surface area contributed by atoms with Crippen molar-refractivity contribution >= 4 is 0 Å². The normalized spacial score (nSPS) is 29.5. The van der Waals surface area contributed by atoms with Crippen molar-refractivity contribution in [1.82, 2.24) is 5.32 Å². The topological polar surface area (TPSA) is 38.0 Å². The van der Waals surface area contributed by atoms with Gasteiger partial charge in [0.05, 0.1) is 0 Å². The molecule has 3 heteroatoms. The standard InChI is InChI=1S/C6H13N.C4H8FN/c7-6-4-2-1-3-5-6;5-4-1-2-6-3-4/h6H,1-5,7H2;4,6H,1-3H2. The van der Waals surface area contributed by atoms with E-state index in [4.69, 9.17) is 5.73 Å². The van der Waals surface area contributed by atoms with E-state index in [0.717, 1.165) is 6.54 Å². The zero-order chi connectivity index (χ0) is 9.52. The number of nitrogens with one attached hydrogen (secondary N) is 1. The monoisotopic (exact) mass is 188 g/mol. The molecule has 1 saturated heterocycles. The molecule has 3 N–H and O–H groups in total. The molecule has 2 rings (SSSR count). The largest absolute Gasteiger partial charge is 0.328 e. The molecule has 1 unspecified atom stereocenters. The van der Waals surface area contributed by atoms with Gasteiger partial charge in [0.2, 0.25) is 0 Å². The minimum Gasteiger partial charge on any atom is -0.328 e. The first kappa shape index (κ1) is 10.9. The van der Waals surface area contributed by atoms with Crippen LogP contribution < -0.4 is 11.1 Å². The van der Waals surface area contributed by atoms with Crippen LogP contribution in [-0.4, -0.2) is 25.3 Å². The van der Waals surface area contributed by atoms with Crippen molar-refractivity contribution in [3.63, 3.8) is 0 Å². The Bertz CT molecular complexity index is 118. The minimum atomic E-state index is -0.565. The summed E-state index contributed by atoms with van der Waals surface area (Å²) in [6.45, 7) is 1.43. The Kier molecular flexibility index (Phi) is 5.32. The van der Waals surface area contributed by atoms with Gasteiger partial charge in [-0.2, -0.15) is 0 Å². The summed E-state index contributed by atoms with van der Waals surface area (Å²) in [5.41, 5.74) is 5.63. The average molecular weight is 188 g/mol. The van der Waals surface area contributed by atoms with Gasteiger partial charge in [-0.1, -0.05) is 19.3 Å². The van der Waals surface area contributed by atoms with Gasteiger partial charge in [0.25, 0.3) is 0 Å². The van der Waals surface area contributed by atoms with E-state index < -0.39 is 6.17 Å². The van der Waals surface area contributed by atoms with Crippen LogP contribution in [0.15, 0.2) is 0 Å². The molecular weight excluding hydrogens is 167 g/mol. The molecule has 0 aromatic heterocycles. The van der Waals surface area contributed by atoms with Gasteiger partial charge in [0.1, 0.15) is 6.17 Å². The van der Waals surface area contributed by atoms with E-state index in [0.29, 0.717) is 19.0 Å². The van der Waals surface area contributed by atoms with E-state index >= 15 is 0 Å². The maximum atomic E-state index is 11.9. The molecule has 1 heterocycles. The highest BCUT2D eigenvalue weighted by Crippen LogP contribution is 2.14. The van der Waals surface area contributed by atoms with Crippen molar-refractivity contribution in [3.05, 3.63) is 0 Å². The fourth-order valence-electron chi connectivity index (χ4n) is 1.75. The second-order valence-corrected chi connectivity index (χ2v) is 3.99. The summed E-state index contributed by atoms with van der Waals surface area (Å²) < 4.78 is 11.9. The van der Waals surface area contributed by atoms with Crippen LogP contribution in [-0.2, 0) is 0 Å². The van der Waals surface area contributed by atoms with Crippen LogP contribution >= 0.6 is 0 Å². The molecule has 78 valence electrons. The van der Waals surface area contributed by atoms with Crippen LogP contribution in [0, 0.1) is 0 Å². The van der Waals surface area contributed by atoms with Crippen LogP contribution in [0.3, 0.4) is 0 Å². The third-order valence-corrected chi connectivity index (χ3v) is 2.65. The summed E-state index contributed by atoms with van der Waals surface area (Å²) in [7, 11) is 0. The molecule has 1 aliphatic carbocycles. The zero-order valence-corrected chi connectivity index (χ0v) is 8.27. The van der Waals surface area contributed by atoms with Gasteiger partial charge in [-0.15, -0.1) is 0 Å². The number of nitrogens with two attached hydrogens (primary N) is 1. The Morgan fingerprint density at radius 2 is 1.77 bits per heavy atom. The lowest BCUT2D eigenvalue weighted by atomic mass is 9.97. The van der Waals surface area contributed by atoms with Crippen molar-refractivity contribution in [1.29, 1.82) is 0 Å². The van der Waals surface area contributed by atoms with Crippen LogP contribution in [0.4, 0.5) is 4.39 Å². The van der Waals surface area contributed by atoms with Gasteiger partial charge >= 0.3 is 0 Å². The van der Waals surface area contributed by atoms with Crippen molar-refractivity contribution < 1.29 is 4.39 Å². The van der Waals surface area contributed by atoms with E-state index in [1.807, 2.05) is 0 Å². The Morgan fingerprint density at radius 1 is 1.08 bits per heavy atom. The van der Waals surface area contributed by atoms with Gasteiger partial charge in [-0.05, 0) is 25.8 Å². The summed E-state index contributed by atoms with van der Waals surface area (Å²) >= 11 is 0. The minimum absolute atomic E-state index is 0.536. The maximum absolute atomic E-state index is 11.9. The fourth-order valence-corrected chi connectivity index (χ4v) is 1.75. The zero-order valence-electron chi connectivity index (χ0n) is 8.27. The lowest BCUT2D eigenvalue weighted by Gasteiger charge is -2.15. The summed E-state index contributed by atoms with van der Waals surface area (Å²) in [5, 5.41) is 2.90. The molecule has 13 heavy (non-hydrogen) atoms. The predicted octanol–water partition coefficient (Wildman–Crippen LogP) is 1.60. The van der Waals surface area contributed by atoms with Crippen molar-refractivity contribution in [3.8, 4) is 0 Å². The highest BCUT2D eigenvalue weighted by molar-refractivity contribution is 4.68. The average Bonchev–Trinajstić information content (AvgIpc) is 2.58. The lowest BCUT2D eigenvalue weighted by molar-refractivity contribution is 0.361. The Hall–Kier alpha value is -0.150. The summed E-state index contributed by atoms with van der Waals surface area (Å²) in [6.07, 6.45) is 6.81. The molecule has 1 saturated carbocycles. The van der Waals surface area contributed by atoms with Crippen molar-refractivity contribution in [2.24, 2.45) is 5.73 Å². The van der Waals surface area contributed by atoms with Gasteiger partial charge in [0, 0.05) is 12.6 Å². The van der Waals surface area contributed by atoms with E-state index in [2.05, 4.69) is 5.32 Å². The number of hydrogen-bond acceptors (Lipinski definition) is 2. The Labute approximate surface area is 80.1 Å². The number of hydrogen-bond donors (Lipinski definition) is 2. The molecule has 0 aromatic rings. The fraction of sp³-hybridized carbons (Fsp3) is 1.00. The first-order valence-electron chi connectivity index (χ1n) is 5.39. The van der Waals surface area contributed by atoms with Crippen LogP contribution in [0.1, 0.15) is 38.5 Å². The number of rotatable bonds is 0. The van der Waals surface area contributed by atoms with Crippen LogP contribution in [0.25, 0.3) is 0 Å². The van der Waals surface area contributed by atoms with Gasteiger partial charge in [-0.3, -0.25) is 0 Å². The lowest BCUT2D eigenvalue weighted by Crippen LogP contribution is -2.22. The van der Waals surface area contributed by atoms with Gasteiger partial charge in [-0.25, -0.2) is 4.39 Å². The first-order valence-corrected chi connectivity index (χ1v) is 5.39. The molecule has 0 spiro atoms. The molecule has 2 aliphatic rings. The van der Waals surface area contributed by atoms with Gasteiger partial charge in [0.15, 0.2) is 0 Å². The van der Waals surface area contributed by atoms with Crippen LogP contribution in [0.2, 0.25) is 0 Å². The summed E-state index contributed by atoms with van der Waals surface area (Å²) in [5.74, 6) is 0. The molecule has 0 aromatic carbocycles. The SMILES string of the molecule is FC1CCNC1.NC1CCCCC1. The number of alkyl halides is 1. The predicted molar refractivity (Wildman–Crippen MR) is 53.4 cm³/mol. The highest BCUT2D eigenvalue weighted by atomic mass is 19.1.